The van der Waals surface area contributed by atoms with Crippen LogP contribution in [0.3, 0.4) is 0 Å². The highest BCUT2D eigenvalue weighted by molar-refractivity contribution is 6.42. The molecule has 0 N–H and O–H groups in total. The normalized spacial score (nSPS) is 13.2. The third-order valence-corrected chi connectivity index (χ3v) is 12.7. The molecule has 0 amide bonds. The summed E-state index contributed by atoms with van der Waals surface area (Å²) in [6.07, 6.45) is 0. The number of para-hydroxylation sites is 3. The van der Waals surface area contributed by atoms with Crippen LogP contribution in [0.5, 0.6) is 0 Å². The van der Waals surface area contributed by atoms with E-state index in [1.54, 1.807) is 0 Å². The van der Waals surface area contributed by atoms with Gasteiger partial charge < -0.3 is 9.47 Å². The van der Waals surface area contributed by atoms with Crippen molar-refractivity contribution in [3.05, 3.63) is 205 Å². The fourth-order valence-corrected chi connectivity index (χ4v) is 10.2. The molecule has 1 aliphatic carbocycles. The van der Waals surface area contributed by atoms with Gasteiger partial charge in [-0.15, -0.1) is 0 Å². The molecule has 12 rings (SSSR count). The minimum Gasteiger partial charge on any atom is -0.310 e. The van der Waals surface area contributed by atoms with Crippen molar-refractivity contribution >= 4 is 82.0 Å². The molecule has 0 saturated carbocycles. The highest BCUT2D eigenvalue weighted by atomic mass is 15.1. The van der Waals surface area contributed by atoms with E-state index in [1.165, 1.54) is 92.8 Å². The van der Waals surface area contributed by atoms with E-state index in [-0.39, 0.29) is 5.41 Å². The molecule has 1 aromatic heterocycles. The zero-order chi connectivity index (χ0) is 37.8. The molecular weight excluding hydrogens is 689 g/mol. The van der Waals surface area contributed by atoms with E-state index in [9.17, 15) is 0 Å². The average molecular weight is 727 g/mol. The lowest BCUT2D eigenvalue weighted by molar-refractivity contribution is 0.661. The van der Waals surface area contributed by atoms with E-state index in [0.29, 0.717) is 0 Å². The Morgan fingerprint density at radius 2 is 0.842 bits per heavy atom. The summed E-state index contributed by atoms with van der Waals surface area (Å²) in [5, 5.41) is 13.0. The van der Waals surface area contributed by atoms with E-state index in [2.05, 4.69) is 217 Å². The number of hydrogen-bond donors (Lipinski definition) is 0. The van der Waals surface area contributed by atoms with Gasteiger partial charge in [-0.2, -0.15) is 0 Å². The molecule has 57 heavy (non-hydrogen) atoms. The summed E-state index contributed by atoms with van der Waals surface area (Å²) in [7, 11) is 0. The van der Waals surface area contributed by atoms with E-state index in [1.807, 2.05) is 0 Å². The first-order valence-electron chi connectivity index (χ1n) is 19.9. The van der Waals surface area contributed by atoms with Gasteiger partial charge in [-0.25, -0.2) is 0 Å². The molecule has 0 fully saturated rings. The average Bonchev–Trinajstić information content (AvgIpc) is 3.72. The number of rotatable bonds is 4. The van der Waals surface area contributed by atoms with Crippen molar-refractivity contribution < 1.29 is 0 Å². The van der Waals surface area contributed by atoms with Crippen LogP contribution in [0.4, 0.5) is 17.1 Å². The lowest BCUT2D eigenvalue weighted by Crippen LogP contribution is -2.16. The third-order valence-electron chi connectivity index (χ3n) is 12.7. The van der Waals surface area contributed by atoms with Gasteiger partial charge in [-0.05, 0) is 115 Å². The van der Waals surface area contributed by atoms with Gasteiger partial charge in [0.2, 0.25) is 0 Å². The summed E-state index contributed by atoms with van der Waals surface area (Å²) in [6.45, 7) is 4.81. The summed E-state index contributed by atoms with van der Waals surface area (Å²) >= 11 is 0. The molecule has 1 aliphatic rings. The van der Waals surface area contributed by atoms with Crippen molar-refractivity contribution in [3.63, 3.8) is 0 Å². The Morgan fingerprint density at radius 1 is 0.368 bits per heavy atom. The van der Waals surface area contributed by atoms with Gasteiger partial charge in [0, 0.05) is 49.7 Å². The van der Waals surface area contributed by atoms with Gasteiger partial charge in [-0.1, -0.05) is 147 Å². The molecule has 1 heterocycles. The van der Waals surface area contributed by atoms with Crippen molar-refractivity contribution in [2.45, 2.75) is 19.3 Å². The lowest BCUT2D eigenvalue weighted by atomic mass is 9.82. The third kappa shape index (κ3) is 4.47. The highest BCUT2D eigenvalue weighted by Gasteiger charge is 2.37. The van der Waals surface area contributed by atoms with Gasteiger partial charge in [0.25, 0.3) is 0 Å². The van der Waals surface area contributed by atoms with Gasteiger partial charge in [0.05, 0.1) is 11.0 Å². The first kappa shape index (κ1) is 32.1. The molecule has 0 spiro atoms. The van der Waals surface area contributed by atoms with Gasteiger partial charge in [-0.3, -0.25) is 0 Å². The molecule has 0 saturated heterocycles. The Kier molecular flexibility index (Phi) is 6.72. The molecule has 11 aromatic rings. The first-order chi connectivity index (χ1) is 28.1. The van der Waals surface area contributed by atoms with E-state index in [4.69, 9.17) is 0 Å². The minimum atomic E-state index is -0.237. The van der Waals surface area contributed by atoms with Gasteiger partial charge >= 0.3 is 0 Å². The number of benzene rings is 10. The van der Waals surface area contributed by atoms with Crippen molar-refractivity contribution in [3.8, 4) is 16.8 Å². The van der Waals surface area contributed by atoms with Crippen LogP contribution in [0.1, 0.15) is 25.0 Å². The van der Waals surface area contributed by atoms with Crippen molar-refractivity contribution in [2.75, 3.05) is 4.90 Å². The predicted molar refractivity (Wildman–Crippen MR) is 243 cm³/mol. The van der Waals surface area contributed by atoms with Crippen LogP contribution < -0.4 is 4.90 Å². The highest BCUT2D eigenvalue weighted by Crippen LogP contribution is 2.54. The first-order valence-corrected chi connectivity index (χ1v) is 19.9. The molecule has 10 aromatic carbocycles. The van der Waals surface area contributed by atoms with Crippen molar-refractivity contribution in [2.24, 2.45) is 0 Å². The minimum absolute atomic E-state index is 0.237. The summed E-state index contributed by atoms with van der Waals surface area (Å²) in [5.41, 5.74) is 12.2. The Balaban J connectivity index is 1.21. The smallest absolute Gasteiger partial charge is 0.0632 e. The maximum atomic E-state index is 2.57. The number of anilines is 3. The molecule has 268 valence electrons. The van der Waals surface area contributed by atoms with Crippen LogP contribution in [0, 0.1) is 0 Å². The Morgan fingerprint density at radius 3 is 1.44 bits per heavy atom. The van der Waals surface area contributed by atoms with Crippen molar-refractivity contribution in [1.82, 2.24) is 4.57 Å². The zero-order valence-corrected chi connectivity index (χ0v) is 31.9. The molecule has 2 nitrogen and oxygen atoms in total. The lowest BCUT2D eigenvalue weighted by Gasteiger charge is -2.28. The Hall–Kier alpha value is -7.16. The molecule has 2 heteroatoms. The van der Waals surface area contributed by atoms with Crippen LogP contribution in [0.15, 0.2) is 194 Å². The number of fused-ring (bicyclic) bond motifs is 16. The van der Waals surface area contributed by atoms with Gasteiger partial charge in [0.15, 0.2) is 0 Å². The Labute approximate surface area is 331 Å². The SMILES string of the molecule is CC1(C)c2cc(N(c3ccccc3)c3ccccc3)ccc2-c2cc3c4c5ccccc5c5c6ccccc6c6ccccc6c5c4n(-c4ccccc4)c3cc21. The zero-order valence-electron chi connectivity index (χ0n) is 31.9. The van der Waals surface area contributed by atoms with Crippen molar-refractivity contribution in [1.29, 1.82) is 0 Å². The number of aromatic nitrogens is 1. The van der Waals surface area contributed by atoms with Gasteiger partial charge in [0.1, 0.15) is 0 Å². The molecule has 0 bridgehead atoms. The maximum absolute atomic E-state index is 2.57. The summed E-state index contributed by atoms with van der Waals surface area (Å²) in [5.74, 6) is 0. The van der Waals surface area contributed by atoms with E-state index in [0.717, 1.165) is 17.1 Å². The number of nitrogens with zero attached hydrogens (tertiary/aromatic N) is 2. The quantitative estimate of drug-likeness (QED) is 0.164. The second-order valence-corrected chi connectivity index (χ2v) is 16.1. The largest absolute Gasteiger partial charge is 0.310 e. The van der Waals surface area contributed by atoms with Crippen LogP contribution in [0.2, 0.25) is 0 Å². The maximum Gasteiger partial charge on any atom is 0.0632 e. The van der Waals surface area contributed by atoms with Crippen LogP contribution in [-0.2, 0) is 5.41 Å². The molecular formula is C55H38N2. The Bertz CT molecular complexity index is 3370. The van der Waals surface area contributed by atoms with E-state index >= 15 is 0 Å². The summed E-state index contributed by atoms with van der Waals surface area (Å²) < 4.78 is 2.57. The second-order valence-electron chi connectivity index (χ2n) is 16.1. The van der Waals surface area contributed by atoms with Crippen LogP contribution in [-0.4, -0.2) is 4.57 Å². The summed E-state index contributed by atoms with van der Waals surface area (Å²) in [4.78, 5) is 2.37. The molecule has 0 atom stereocenters. The van der Waals surface area contributed by atoms with Crippen LogP contribution in [0.25, 0.3) is 81.7 Å². The number of hydrogen-bond acceptors (Lipinski definition) is 1. The standard InChI is InChI=1S/C55H38N2/c1-55(2)48-32-38(56(35-18-6-3-7-19-35)36-20-8-4-9-21-36)30-31-41(48)46-33-47-50(34-49(46)55)57(37-22-10-5-11-23-37)54-52(47)45-29-17-16-28-44(45)51-42-26-14-12-24-39(42)40-25-13-15-27-43(40)53(51)54/h3-34H,1-2H3. The van der Waals surface area contributed by atoms with E-state index < -0.39 is 0 Å². The molecule has 0 radical (unpaired) electrons. The van der Waals surface area contributed by atoms with Crippen LogP contribution >= 0.6 is 0 Å². The monoisotopic (exact) mass is 726 g/mol. The fraction of sp³-hybridized carbons (Fsp3) is 0.0545. The second kappa shape index (κ2) is 11.9. The summed E-state index contributed by atoms with van der Waals surface area (Å²) in [6, 6.07) is 71.6. The molecule has 0 aliphatic heterocycles. The predicted octanol–water partition coefficient (Wildman–Crippen LogP) is 15.2. The topological polar surface area (TPSA) is 8.17 Å². The fourth-order valence-electron chi connectivity index (χ4n) is 10.2. The molecule has 0 unspecified atom stereocenters.